The second kappa shape index (κ2) is 7.54. The number of hydrogen-bond acceptors (Lipinski definition) is 5. The number of pyridine rings is 1. The molecule has 5 rings (SSSR count). The van der Waals surface area contributed by atoms with E-state index in [0.29, 0.717) is 6.42 Å². The number of amides is 1. The molecule has 1 atom stereocenters. The standard InChI is InChI=1S/C21H25N5OS/c27-20(12-16-7-11-28-15-16)25-10-3-4-17(13-25)21-22-19-6-5-18(14-26(19)23-21)24-8-1-2-9-24/h5-7,11,14-15,17H,1-4,8-10,12-13H2/t17-/m1/s1. The summed E-state index contributed by atoms with van der Waals surface area (Å²) in [6.45, 7) is 3.80. The van der Waals surface area contributed by atoms with E-state index in [1.165, 1.54) is 18.5 Å². The Labute approximate surface area is 168 Å². The maximum atomic E-state index is 12.7. The Kier molecular flexibility index (Phi) is 4.76. The van der Waals surface area contributed by atoms with Gasteiger partial charge in [0, 0.05) is 32.1 Å². The van der Waals surface area contributed by atoms with Gasteiger partial charge in [-0.15, -0.1) is 0 Å². The minimum atomic E-state index is 0.211. The highest BCUT2D eigenvalue weighted by Crippen LogP contribution is 2.27. The zero-order chi connectivity index (χ0) is 18.9. The van der Waals surface area contributed by atoms with Gasteiger partial charge in [0.2, 0.25) is 5.91 Å². The van der Waals surface area contributed by atoms with Crippen molar-refractivity contribution < 1.29 is 4.79 Å². The van der Waals surface area contributed by atoms with Crippen molar-refractivity contribution in [3.63, 3.8) is 0 Å². The van der Waals surface area contributed by atoms with Crippen LogP contribution < -0.4 is 4.90 Å². The second-order valence-electron chi connectivity index (χ2n) is 7.84. The van der Waals surface area contributed by atoms with Gasteiger partial charge < -0.3 is 9.80 Å². The lowest BCUT2D eigenvalue weighted by Crippen LogP contribution is -2.40. The van der Waals surface area contributed by atoms with Gasteiger partial charge in [-0.25, -0.2) is 9.50 Å². The van der Waals surface area contributed by atoms with Gasteiger partial charge in [-0.05, 0) is 60.2 Å². The third-order valence-corrected chi connectivity index (χ3v) is 6.61. The van der Waals surface area contributed by atoms with Crippen LogP contribution in [0.5, 0.6) is 0 Å². The van der Waals surface area contributed by atoms with Gasteiger partial charge in [0.1, 0.15) is 0 Å². The van der Waals surface area contributed by atoms with Crippen LogP contribution in [0.3, 0.4) is 0 Å². The van der Waals surface area contributed by atoms with E-state index in [2.05, 4.69) is 28.6 Å². The minimum Gasteiger partial charge on any atom is -0.370 e. The molecule has 1 amide bonds. The van der Waals surface area contributed by atoms with E-state index in [1.807, 2.05) is 20.9 Å². The first kappa shape index (κ1) is 17.7. The largest absolute Gasteiger partial charge is 0.370 e. The lowest BCUT2D eigenvalue weighted by Gasteiger charge is -2.31. The van der Waals surface area contributed by atoms with Crippen molar-refractivity contribution in [3.05, 3.63) is 46.5 Å². The number of fused-ring (bicyclic) bond motifs is 1. The molecule has 0 N–H and O–H groups in total. The third-order valence-electron chi connectivity index (χ3n) is 5.88. The molecule has 0 saturated carbocycles. The first-order valence-electron chi connectivity index (χ1n) is 10.2. The Balaban J connectivity index is 1.32. The number of likely N-dealkylation sites (tertiary alicyclic amines) is 1. The summed E-state index contributed by atoms with van der Waals surface area (Å²) in [5.74, 6) is 1.30. The number of aromatic nitrogens is 3. The van der Waals surface area contributed by atoms with Crippen molar-refractivity contribution in [2.24, 2.45) is 0 Å². The maximum absolute atomic E-state index is 12.7. The average Bonchev–Trinajstić information content (AvgIpc) is 3.48. The molecule has 0 spiro atoms. The van der Waals surface area contributed by atoms with Gasteiger partial charge in [0.05, 0.1) is 18.3 Å². The summed E-state index contributed by atoms with van der Waals surface area (Å²) in [5, 5.41) is 8.86. The molecule has 5 heterocycles. The fourth-order valence-corrected chi connectivity index (χ4v) is 4.99. The number of piperidine rings is 1. The average molecular weight is 396 g/mol. The topological polar surface area (TPSA) is 53.7 Å². The molecule has 0 unspecified atom stereocenters. The van der Waals surface area contributed by atoms with Crippen LogP contribution in [0.25, 0.3) is 5.65 Å². The quantitative estimate of drug-likeness (QED) is 0.680. The molecule has 6 nitrogen and oxygen atoms in total. The number of nitrogens with zero attached hydrogens (tertiary/aromatic N) is 5. The molecule has 0 bridgehead atoms. The molecule has 28 heavy (non-hydrogen) atoms. The summed E-state index contributed by atoms with van der Waals surface area (Å²) in [7, 11) is 0. The lowest BCUT2D eigenvalue weighted by atomic mass is 9.97. The fraction of sp³-hybridized carbons (Fsp3) is 0.476. The number of hydrogen-bond donors (Lipinski definition) is 0. The number of thiophene rings is 1. The normalized spacial score (nSPS) is 20.2. The molecule has 2 aliphatic rings. The Bertz CT molecular complexity index is 961. The molecule has 0 radical (unpaired) electrons. The van der Waals surface area contributed by atoms with Crippen LogP contribution in [-0.4, -0.2) is 51.6 Å². The van der Waals surface area contributed by atoms with Crippen molar-refractivity contribution >= 4 is 28.6 Å². The lowest BCUT2D eigenvalue weighted by molar-refractivity contribution is -0.131. The first-order chi connectivity index (χ1) is 13.8. The van der Waals surface area contributed by atoms with E-state index in [4.69, 9.17) is 10.1 Å². The molecular weight excluding hydrogens is 370 g/mol. The van der Waals surface area contributed by atoms with Crippen LogP contribution >= 0.6 is 11.3 Å². The van der Waals surface area contributed by atoms with Crippen molar-refractivity contribution in [2.75, 3.05) is 31.1 Å². The van der Waals surface area contributed by atoms with E-state index in [0.717, 1.165) is 56.1 Å². The van der Waals surface area contributed by atoms with Gasteiger partial charge in [-0.1, -0.05) is 0 Å². The third kappa shape index (κ3) is 3.51. The van der Waals surface area contributed by atoms with E-state index in [-0.39, 0.29) is 11.8 Å². The smallest absolute Gasteiger partial charge is 0.227 e. The SMILES string of the molecule is O=C(Cc1ccsc1)N1CCC[C@@H](c2nc3ccc(N4CCCC4)cn3n2)C1. The first-order valence-corrected chi connectivity index (χ1v) is 11.1. The number of carbonyl (C=O) groups excluding carboxylic acids is 1. The maximum Gasteiger partial charge on any atom is 0.227 e. The monoisotopic (exact) mass is 395 g/mol. The predicted molar refractivity (Wildman–Crippen MR) is 111 cm³/mol. The molecule has 3 aromatic heterocycles. The summed E-state index contributed by atoms with van der Waals surface area (Å²) in [5.41, 5.74) is 3.22. The van der Waals surface area contributed by atoms with Crippen LogP contribution in [0.2, 0.25) is 0 Å². The molecule has 0 aromatic carbocycles. The Morgan fingerprint density at radius 1 is 1.14 bits per heavy atom. The van der Waals surface area contributed by atoms with Crippen molar-refractivity contribution in [1.29, 1.82) is 0 Å². The summed E-state index contributed by atoms with van der Waals surface area (Å²) in [6, 6.07) is 6.24. The van der Waals surface area contributed by atoms with Gasteiger partial charge in [0.15, 0.2) is 11.5 Å². The number of carbonyl (C=O) groups is 1. The van der Waals surface area contributed by atoms with E-state index < -0.39 is 0 Å². The predicted octanol–water partition coefficient (Wildman–Crippen LogP) is 3.34. The van der Waals surface area contributed by atoms with Crippen LogP contribution in [0.1, 0.15) is 43.0 Å². The summed E-state index contributed by atoms with van der Waals surface area (Å²) >= 11 is 1.64. The van der Waals surface area contributed by atoms with Crippen molar-refractivity contribution in [1.82, 2.24) is 19.5 Å². The van der Waals surface area contributed by atoms with E-state index in [9.17, 15) is 4.79 Å². The summed E-state index contributed by atoms with van der Waals surface area (Å²) in [4.78, 5) is 21.9. The highest BCUT2D eigenvalue weighted by atomic mass is 32.1. The molecule has 2 saturated heterocycles. The highest BCUT2D eigenvalue weighted by Gasteiger charge is 2.27. The van der Waals surface area contributed by atoms with Crippen molar-refractivity contribution in [2.45, 2.75) is 38.0 Å². The zero-order valence-electron chi connectivity index (χ0n) is 16.0. The number of anilines is 1. The van der Waals surface area contributed by atoms with Crippen LogP contribution in [0.15, 0.2) is 35.2 Å². The molecule has 0 aliphatic carbocycles. The molecular formula is C21H25N5OS. The van der Waals surface area contributed by atoms with Crippen molar-refractivity contribution in [3.8, 4) is 0 Å². The molecule has 2 aliphatic heterocycles. The zero-order valence-corrected chi connectivity index (χ0v) is 16.8. The highest BCUT2D eigenvalue weighted by molar-refractivity contribution is 7.08. The Hall–Kier alpha value is -2.41. The van der Waals surface area contributed by atoms with Gasteiger partial charge in [0.25, 0.3) is 0 Å². The van der Waals surface area contributed by atoms with Crippen LogP contribution in [-0.2, 0) is 11.2 Å². The molecule has 3 aromatic rings. The molecule has 2 fully saturated rings. The minimum absolute atomic E-state index is 0.211. The second-order valence-corrected chi connectivity index (χ2v) is 8.62. The Morgan fingerprint density at radius 3 is 2.86 bits per heavy atom. The van der Waals surface area contributed by atoms with E-state index in [1.54, 1.807) is 11.3 Å². The summed E-state index contributed by atoms with van der Waals surface area (Å²) in [6.07, 6.45) is 7.16. The van der Waals surface area contributed by atoms with Crippen LogP contribution in [0, 0.1) is 0 Å². The van der Waals surface area contributed by atoms with Crippen LogP contribution in [0.4, 0.5) is 5.69 Å². The van der Waals surface area contributed by atoms with E-state index >= 15 is 0 Å². The van der Waals surface area contributed by atoms with Gasteiger partial charge in [-0.3, -0.25) is 4.79 Å². The molecule has 146 valence electrons. The number of rotatable bonds is 4. The molecule has 7 heteroatoms. The van der Waals surface area contributed by atoms with Gasteiger partial charge in [-0.2, -0.15) is 16.4 Å². The fourth-order valence-electron chi connectivity index (χ4n) is 4.32. The Morgan fingerprint density at radius 2 is 2.04 bits per heavy atom. The van der Waals surface area contributed by atoms with Gasteiger partial charge >= 0.3 is 0 Å². The summed E-state index contributed by atoms with van der Waals surface area (Å²) < 4.78 is 1.91.